The second kappa shape index (κ2) is 10.8. The van der Waals surface area contributed by atoms with Crippen molar-refractivity contribution >= 4 is 51.4 Å². The van der Waals surface area contributed by atoms with Crippen molar-refractivity contribution < 1.29 is 24.0 Å². The summed E-state index contributed by atoms with van der Waals surface area (Å²) in [6.07, 6.45) is 0. The first-order valence-electron chi connectivity index (χ1n) is 11.6. The van der Waals surface area contributed by atoms with Crippen LogP contribution in [0.15, 0.2) is 82.7 Å². The molecule has 0 spiro atoms. The lowest BCUT2D eigenvalue weighted by molar-refractivity contribution is -0.384. The van der Waals surface area contributed by atoms with Crippen molar-refractivity contribution in [2.75, 3.05) is 4.90 Å². The quantitative estimate of drug-likeness (QED) is 0.0569. The molecule has 5 rings (SSSR count). The number of nitrogens with zero attached hydrogens (tertiary/aromatic N) is 4. The first kappa shape index (κ1) is 26.2. The van der Waals surface area contributed by atoms with Gasteiger partial charge in [0.1, 0.15) is 11.6 Å². The molecule has 1 unspecified atom stereocenters. The average Bonchev–Trinajstić information content (AvgIpc) is 3.50. The summed E-state index contributed by atoms with van der Waals surface area (Å²) in [6, 6.07) is 17.0. The number of hydrogen-bond donors (Lipinski definition) is 1. The summed E-state index contributed by atoms with van der Waals surface area (Å²) in [5.41, 5.74) is 1.98. The molecule has 4 aromatic rings. The standard InChI is InChI=1S/C27H19FN4O5S2/c1-15-5-7-16(8-6-15)14-38-27-30-29-26(39-27)31-22(18-3-2-4-20(13-18)32(36)37)21(24(34)25(31)35)23(33)17-9-11-19(28)12-10-17/h2-13,22,33H,14H2,1H3/b23-21-. The van der Waals surface area contributed by atoms with Crippen LogP contribution in [0.4, 0.5) is 15.2 Å². The Morgan fingerprint density at radius 1 is 1.10 bits per heavy atom. The number of aromatic nitrogens is 2. The molecule has 2 heterocycles. The number of Topliss-reactive ketones (excluding diaryl/α,β-unsaturated/α-hetero) is 1. The third-order valence-electron chi connectivity index (χ3n) is 6.04. The van der Waals surface area contributed by atoms with Crippen LogP contribution in [0.2, 0.25) is 0 Å². The summed E-state index contributed by atoms with van der Waals surface area (Å²) >= 11 is 2.49. The van der Waals surface area contributed by atoms with E-state index in [9.17, 15) is 29.2 Å². The Labute approximate surface area is 229 Å². The summed E-state index contributed by atoms with van der Waals surface area (Å²) in [6.45, 7) is 2.00. The van der Waals surface area contributed by atoms with E-state index in [4.69, 9.17) is 0 Å². The normalized spacial score (nSPS) is 16.6. The number of ketones is 1. The van der Waals surface area contributed by atoms with Crippen LogP contribution in [0.25, 0.3) is 5.76 Å². The summed E-state index contributed by atoms with van der Waals surface area (Å²) in [5, 5.41) is 31.0. The fraction of sp³-hybridized carbons (Fsp3) is 0.111. The van der Waals surface area contributed by atoms with Crippen LogP contribution in [0.3, 0.4) is 0 Å². The number of nitro benzene ring substituents is 1. The molecule has 196 valence electrons. The van der Waals surface area contributed by atoms with Crippen molar-refractivity contribution in [3.63, 3.8) is 0 Å². The first-order chi connectivity index (χ1) is 18.7. The van der Waals surface area contributed by atoms with Crippen molar-refractivity contribution in [2.24, 2.45) is 0 Å². The number of non-ortho nitro benzene ring substituents is 1. The lowest BCUT2D eigenvalue weighted by Crippen LogP contribution is -2.29. The Balaban J connectivity index is 1.56. The zero-order valence-corrected chi connectivity index (χ0v) is 21.9. The van der Waals surface area contributed by atoms with Gasteiger partial charge in [0.15, 0.2) is 4.34 Å². The Hall–Kier alpha value is -4.42. The molecule has 1 fully saturated rings. The van der Waals surface area contributed by atoms with Gasteiger partial charge in [-0.05, 0) is 42.3 Å². The Morgan fingerprint density at radius 3 is 2.51 bits per heavy atom. The van der Waals surface area contributed by atoms with E-state index in [-0.39, 0.29) is 27.5 Å². The number of hydrogen-bond acceptors (Lipinski definition) is 9. The molecular weight excluding hydrogens is 543 g/mol. The van der Waals surface area contributed by atoms with Gasteiger partial charge < -0.3 is 5.11 Å². The molecule has 1 aliphatic heterocycles. The van der Waals surface area contributed by atoms with Gasteiger partial charge in [-0.15, -0.1) is 10.2 Å². The maximum absolute atomic E-state index is 13.5. The van der Waals surface area contributed by atoms with E-state index in [0.29, 0.717) is 10.1 Å². The van der Waals surface area contributed by atoms with E-state index >= 15 is 0 Å². The SMILES string of the molecule is Cc1ccc(CSc2nnc(N3C(=O)C(=O)/C(=C(\O)c4ccc(F)cc4)C3c3cccc([N+](=O)[O-])c3)s2)cc1. The van der Waals surface area contributed by atoms with E-state index in [0.717, 1.165) is 39.5 Å². The Morgan fingerprint density at radius 2 is 1.82 bits per heavy atom. The van der Waals surface area contributed by atoms with Crippen LogP contribution in [0.1, 0.15) is 28.3 Å². The van der Waals surface area contributed by atoms with Crippen LogP contribution >= 0.6 is 23.1 Å². The number of nitro groups is 1. The number of carbonyl (C=O) groups is 2. The summed E-state index contributed by atoms with van der Waals surface area (Å²) in [4.78, 5) is 38.5. The van der Waals surface area contributed by atoms with Crippen molar-refractivity contribution in [1.29, 1.82) is 0 Å². The Bertz CT molecular complexity index is 1620. The van der Waals surface area contributed by atoms with Gasteiger partial charge >= 0.3 is 5.91 Å². The van der Waals surface area contributed by atoms with Crippen LogP contribution in [0.5, 0.6) is 0 Å². The van der Waals surface area contributed by atoms with Crippen LogP contribution in [-0.4, -0.2) is 31.9 Å². The van der Waals surface area contributed by atoms with E-state index in [2.05, 4.69) is 10.2 Å². The molecule has 3 aromatic carbocycles. The second-order valence-electron chi connectivity index (χ2n) is 8.65. The molecule has 39 heavy (non-hydrogen) atoms. The molecule has 0 aliphatic carbocycles. The zero-order chi connectivity index (χ0) is 27.7. The van der Waals surface area contributed by atoms with E-state index in [1.807, 2.05) is 31.2 Å². The van der Waals surface area contributed by atoms with Crippen molar-refractivity contribution in [3.05, 3.63) is 117 Å². The molecule has 9 nitrogen and oxygen atoms in total. The van der Waals surface area contributed by atoms with E-state index < -0.39 is 34.2 Å². The summed E-state index contributed by atoms with van der Waals surface area (Å²) < 4.78 is 14.0. The minimum atomic E-state index is -1.22. The molecule has 0 radical (unpaired) electrons. The highest BCUT2D eigenvalue weighted by Crippen LogP contribution is 2.44. The minimum Gasteiger partial charge on any atom is -0.507 e. The van der Waals surface area contributed by atoms with Gasteiger partial charge in [0.05, 0.1) is 16.5 Å². The van der Waals surface area contributed by atoms with Gasteiger partial charge in [-0.1, -0.05) is 65.1 Å². The maximum Gasteiger partial charge on any atom is 0.301 e. The van der Waals surface area contributed by atoms with Crippen molar-refractivity contribution in [3.8, 4) is 0 Å². The van der Waals surface area contributed by atoms with Crippen LogP contribution < -0.4 is 4.90 Å². The fourth-order valence-corrected chi connectivity index (χ4v) is 5.93. The highest BCUT2D eigenvalue weighted by Gasteiger charge is 2.48. The summed E-state index contributed by atoms with van der Waals surface area (Å²) in [7, 11) is 0. The number of amides is 1. The maximum atomic E-state index is 13.5. The predicted molar refractivity (Wildman–Crippen MR) is 145 cm³/mol. The monoisotopic (exact) mass is 562 g/mol. The first-order valence-corrected chi connectivity index (χ1v) is 13.4. The van der Waals surface area contributed by atoms with Gasteiger partial charge in [0.25, 0.3) is 11.5 Å². The zero-order valence-electron chi connectivity index (χ0n) is 20.3. The van der Waals surface area contributed by atoms with Gasteiger partial charge in [-0.2, -0.15) is 0 Å². The minimum absolute atomic E-state index is 0.0955. The number of halogens is 1. The topological polar surface area (TPSA) is 127 Å². The lowest BCUT2D eigenvalue weighted by Gasteiger charge is -2.22. The smallest absolute Gasteiger partial charge is 0.301 e. The van der Waals surface area contributed by atoms with Gasteiger partial charge in [0.2, 0.25) is 5.13 Å². The highest BCUT2D eigenvalue weighted by molar-refractivity contribution is 8.00. The highest BCUT2D eigenvalue weighted by atomic mass is 32.2. The van der Waals surface area contributed by atoms with Crippen LogP contribution in [-0.2, 0) is 15.3 Å². The van der Waals surface area contributed by atoms with E-state index in [1.165, 1.54) is 48.2 Å². The number of carbonyl (C=O) groups excluding carboxylic acids is 2. The number of anilines is 1. The molecule has 0 saturated carbocycles. The molecular formula is C27H19FN4O5S2. The number of thioether (sulfide) groups is 1. The molecule has 1 saturated heterocycles. The van der Waals surface area contributed by atoms with Gasteiger partial charge in [-0.25, -0.2) is 4.39 Å². The lowest BCUT2D eigenvalue weighted by atomic mass is 9.95. The molecule has 1 atom stereocenters. The van der Waals surface area contributed by atoms with Gasteiger partial charge in [-0.3, -0.25) is 24.6 Å². The molecule has 1 N–H and O–H groups in total. The van der Waals surface area contributed by atoms with Crippen molar-refractivity contribution in [1.82, 2.24) is 10.2 Å². The number of benzene rings is 3. The third-order valence-corrected chi connectivity index (χ3v) is 8.17. The predicted octanol–water partition coefficient (Wildman–Crippen LogP) is 5.81. The number of rotatable bonds is 7. The fourth-order valence-electron chi connectivity index (χ4n) is 4.10. The van der Waals surface area contributed by atoms with Crippen LogP contribution in [0, 0.1) is 22.9 Å². The third kappa shape index (κ3) is 5.29. The number of aryl methyl sites for hydroxylation is 1. The Kier molecular flexibility index (Phi) is 7.22. The molecule has 0 bridgehead atoms. The summed E-state index contributed by atoms with van der Waals surface area (Å²) in [5.74, 6) is -2.46. The molecule has 1 aliphatic rings. The average molecular weight is 563 g/mol. The molecule has 1 aromatic heterocycles. The largest absolute Gasteiger partial charge is 0.507 e. The number of aliphatic hydroxyl groups is 1. The van der Waals surface area contributed by atoms with Gasteiger partial charge in [0, 0.05) is 23.4 Å². The van der Waals surface area contributed by atoms with Crippen molar-refractivity contribution in [2.45, 2.75) is 23.1 Å². The molecule has 1 amide bonds. The van der Waals surface area contributed by atoms with E-state index in [1.54, 1.807) is 0 Å². The second-order valence-corrected chi connectivity index (χ2v) is 10.8. The molecule has 12 heteroatoms. The number of aliphatic hydroxyl groups excluding tert-OH is 1.